The first kappa shape index (κ1) is 23.9. The molecule has 0 radical (unpaired) electrons. The Bertz CT molecular complexity index is 1340. The molecule has 1 unspecified atom stereocenters. The maximum absolute atomic E-state index is 12.8. The number of ether oxygens (including phenoxy) is 2. The van der Waals surface area contributed by atoms with E-state index in [0.717, 1.165) is 23.3 Å². The molecule has 4 rings (SSSR count). The highest BCUT2D eigenvalue weighted by Crippen LogP contribution is 2.40. The van der Waals surface area contributed by atoms with Crippen molar-refractivity contribution in [3.8, 4) is 17.2 Å². The highest BCUT2D eigenvalue weighted by atomic mass is 32.2. The summed E-state index contributed by atoms with van der Waals surface area (Å²) in [5.41, 5.74) is 1.56. The van der Waals surface area contributed by atoms with Crippen molar-refractivity contribution in [3.63, 3.8) is 0 Å². The Morgan fingerprint density at radius 3 is 2.74 bits per heavy atom. The number of esters is 1. The fraction of sp³-hybridized carbons (Fsp3) is 0.364. The molecule has 12 heteroatoms. The normalized spacial score (nSPS) is 15.4. The highest BCUT2D eigenvalue weighted by Gasteiger charge is 2.31. The number of carbonyl (C=O) groups is 2. The average Bonchev–Trinajstić information content (AvgIpc) is 3.43. The number of nitrogens with zero attached hydrogens (tertiary/aromatic N) is 2. The molecule has 1 aliphatic carbocycles. The van der Waals surface area contributed by atoms with Gasteiger partial charge in [-0.3, -0.25) is 4.79 Å². The van der Waals surface area contributed by atoms with Crippen LogP contribution in [-0.4, -0.2) is 50.5 Å². The second-order valence-electron chi connectivity index (χ2n) is 7.93. The van der Waals surface area contributed by atoms with Crippen molar-refractivity contribution in [1.29, 1.82) is 0 Å². The Morgan fingerprint density at radius 2 is 2.00 bits per heavy atom. The SMILES string of the molecule is COC(=O)c1c(NC(=O)CS(=O)(=O)c2nnc(-c3ccccc3OC)o2)sc2c1CCC(C)C2. The van der Waals surface area contributed by atoms with Crippen LogP contribution in [0.5, 0.6) is 5.75 Å². The van der Waals surface area contributed by atoms with Gasteiger partial charge in [0.2, 0.25) is 15.7 Å². The minimum atomic E-state index is -4.24. The summed E-state index contributed by atoms with van der Waals surface area (Å²) in [5, 5.41) is 9.56. The van der Waals surface area contributed by atoms with Crippen LogP contribution in [0, 0.1) is 5.92 Å². The molecule has 180 valence electrons. The first-order chi connectivity index (χ1) is 16.2. The topological polar surface area (TPSA) is 138 Å². The molecule has 0 fully saturated rings. The minimum absolute atomic E-state index is 0.0514. The van der Waals surface area contributed by atoms with Crippen molar-refractivity contribution < 1.29 is 31.9 Å². The van der Waals surface area contributed by atoms with Gasteiger partial charge >= 0.3 is 11.2 Å². The van der Waals surface area contributed by atoms with Crippen LogP contribution in [0.1, 0.15) is 34.1 Å². The van der Waals surface area contributed by atoms with Gasteiger partial charge in [0, 0.05) is 4.88 Å². The predicted octanol–water partition coefficient (Wildman–Crippen LogP) is 3.13. The first-order valence-electron chi connectivity index (χ1n) is 10.5. The Kier molecular flexibility index (Phi) is 6.71. The van der Waals surface area contributed by atoms with Crippen molar-refractivity contribution in [3.05, 3.63) is 40.3 Å². The first-order valence-corrected chi connectivity index (χ1v) is 12.9. The summed E-state index contributed by atoms with van der Waals surface area (Å²) < 4.78 is 41.0. The van der Waals surface area contributed by atoms with E-state index in [9.17, 15) is 18.0 Å². The third-order valence-corrected chi connectivity index (χ3v) is 7.99. The summed E-state index contributed by atoms with van der Waals surface area (Å²) in [4.78, 5) is 26.1. The average molecular weight is 506 g/mol. The Hall–Kier alpha value is -3.25. The van der Waals surface area contributed by atoms with E-state index in [-0.39, 0.29) is 16.5 Å². The van der Waals surface area contributed by atoms with Crippen molar-refractivity contribution >= 4 is 38.1 Å². The van der Waals surface area contributed by atoms with Crippen LogP contribution in [0.25, 0.3) is 11.5 Å². The van der Waals surface area contributed by atoms with Gasteiger partial charge in [-0.05, 0) is 42.9 Å². The standard InChI is InChI=1S/C22H23N3O7S2/c1-12-8-9-14-16(10-12)33-20(18(14)21(27)31-3)23-17(26)11-34(28,29)22-25-24-19(32-22)13-6-4-5-7-15(13)30-2/h4-7,12H,8-11H2,1-3H3,(H,23,26). The number of methoxy groups -OCH3 is 2. The molecule has 1 atom stereocenters. The summed E-state index contributed by atoms with van der Waals surface area (Å²) in [6, 6.07) is 6.76. The lowest BCUT2D eigenvalue weighted by atomic mass is 9.88. The maximum atomic E-state index is 12.8. The summed E-state index contributed by atoms with van der Waals surface area (Å²) in [6.07, 6.45) is 2.40. The third-order valence-electron chi connectivity index (χ3n) is 5.49. The van der Waals surface area contributed by atoms with Gasteiger partial charge in [0.15, 0.2) is 0 Å². The number of rotatable bonds is 7. The lowest BCUT2D eigenvalue weighted by molar-refractivity contribution is -0.113. The molecule has 2 heterocycles. The summed E-state index contributed by atoms with van der Waals surface area (Å²) in [7, 11) is -1.51. The molecule has 3 aromatic rings. The van der Waals surface area contributed by atoms with Gasteiger partial charge in [-0.1, -0.05) is 24.2 Å². The van der Waals surface area contributed by atoms with E-state index in [2.05, 4.69) is 22.4 Å². The van der Waals surface area contributed by atoms with Gasteiger partial charge in [0.1, 0.15) is 16.5 Å². The third kappa shape index (κ3) is 4.68. The quantitative estimate of drug-likeness (QED) is 0.480. The second-order valence-corrected chi connectivity index (χ2v) is 10.9. The molecule has 1 aromatic carbocycles. The number of nitrogens with one attached hydrogen (secondary N) is 1. The van der Waals surface area contributed by atoms with Gasteiger partial charge in [-0.15, -0.1) is 16.4 Å². The molecule has 0 aliphatic heterocycles. The van der Waals surface area contributed by atoms with Gasteiger partial charge in [-0.2, -0.15) is 0 Å². The zero-order valence-electron chi connectivity index (χ0n) is 18.8. The summed E-state index contributed by atoms with van der Waals surface area (Å²) in [6.45, 7) is 2.12. The molecule has 10 nitrogen and oxygen atoms in total. The molecule has 34 heavy (non-hydrogen) atoms. The summed E-state index contributed by atoms with van der Waals surface area (Å²) in [5.74, 6) is -1.49. The lowest BCUT2D eigenvalue weighted by Gasteiger charge is -2.18. The molecule has 0 saturated heterocycles. The van der Waals surface area contributed by atoms with Crippen LogP contribution < -0.4 is 10.1 Å². The van der Waals surface area contributed by atoms with Crippen LogP contribution in [-0.2, 0) is 32.2 Å². The van der Waals surface area contributed by atoms with Crippen LogP contribution in [0.2, 0.25) is 0 Å². The van der Waals surface area contributed by atoms with E-state index < -0.39 is 32.7 Å². The van der Waals surface area contributed by atoms with Gasteiger partial charge in [-0.25, -0.2) is 13.2 Å². The van der Waals surface area contributed by atoms with Crippen molar-refractivity contribution in [1.82, 2.24) is 10.2 Å². The van der Waals surface area contributed by atoms with E-state index >= 15 is 0 Å². The number of hydrogen-bond acceptors (Lipinski definition) is 10. The molecule has 1 amide bonds. The number of thiophene rings is 1. The van der Waals surface area contributed by atoms with E-state index in [4.69, 9.17) is 13.9 Å². The molecule has 0 bridgehead atoms. The largest absolute Gasteiger partial charge is 0.496 e. The second kappa shape index (κ2) is 9.55. The van der Waals surface area contributed by atoms with E-state index in [1.165, 1.54) is 25.6 Å². The number of sulfone groups is 1. The summed E-state index contributed by atoms with van der Waals surface area (Å²) >= 11 is 1.27. The Balaban J connectivity index is 1.55. The number of fused-ring (bicyclic) bond motifs is 1. The molecular formula is C22H23N3O7S2. The van der Waals surface area contributed by atoms with E-state index in [0.29, 0.717) is 23.7 Å². The molecule has 1 N–H and O–H groups in total. The van der Waals surface area contributed by atoms with Crippen LogP contribution in [0.4, 0.5) is 5.00 Å². The number of benzene rings is 1. The zero-order valence-corrected chi connectivity index (χ0v) is 20.4. The van der Waals surface area contributed by atoms with Crippen molar-refractivity contribution in [2.45, 2.75) is 31.4 Å². The van der Waals surface area contributed by atoms with Gasteiger partial charge < -0.3 is 19.2 Å². The van der Waals surface area contributed by atoms with Crippen molar-refractivity contribution in [2.75, 3.05) is 25.3 Å². The van der Waals surface area contributed by atoms with Crippen LogP contribution in [0.15, 0.2) is 33.9 Å². The number of amides is 1. The van der Waals surface area contributed by atoms with Crippen LogP contribution >= 0.6 is 11.3 Å². The number of hydrogen-bond donors (Lipinski definition) is 1. The molecule has 1 aliphatic rings. The van der Waals surface area contributed by atoms with Gasteiger partial charge in [0.05, 0.1) is 25.3 Å². The van der Waals surface area contributed by atoms with Crippen molar-refractivity contribution in [2.24, 2.45) is 5.92 Å². The van der Waals surface area contributed by atoms with E-state index in [1.807, 2.05) is 0 Å². The fourth-order valence-electron chi connectivity index (χ4n) is 3.82. The number of anilines is 1. The maximum Gasteiger partial charge on any atom is 0.341 e. The zero-order chi connectivity index (χ0) is 24.5. The van der Waals surface area contributed by atoms with E-state index in [1.54, 1.807) is 24.3 Å². The highest BCUT2D eigenvalue weighted by molar-refractivity contribution is 7.91. The number of aromatic nitrogens is 2. The lowest BCUT2D eigenvalue weighted by Crippen LogP contribution is -2.24. The molecule has 2 aromatic heterocycles. The molecule has 0 saturated carbocycles. The fourth-order valence-corrected chi connectivity index (χ4v) is 6.15. The molecule has 0 spiro atoms. The molecular weight excluding hydrogens is 482 g/mol. The Morgan fingerprint density at radius 1 is 1.24 bits per heavy atom. The predicted molar refractivity (Wildman–Crippen MR) is 124 cm³/mol. The van der Waals surface area contributed by atoms with Gasteiger partial charge in [0.25, 0.3) is 5.89 Å². The monoisotopic (exact) mass is 505 g/mol. The van der Waals surface area contributed by atoms with Crippen LogP contribution in [0.3, 0.4) is 0 Å². The smallest absolute Gasteiger partial charge is 0.341 e. The minimum Gasteiger partial charge on any atom is -0.496 e. The number of carbonyl (C=O) groups excluding carboxylic acids is 2. The Labute approximate surface area is 200 Å². The number of para-hydroxylation sites is 1.